The molecule has 1 unspecified atom stereocenters. The molecule has 0 aliphatic carbocycles. The number of nitro groups is 1. The van der Waals surface area contributed by atoms with Crippen LogP contribution in [0.2, 0.25) is 0 Å². The summed E-state index contributed by atoms with van der Waals surface area (Å²) in [6, 6.07) is 0.549. The van der Waals surface area contributed by atoms with Crippen molar-refractivity contribution in [2.75, 3.05) is 18.0 Å². The highest BCUT2D eigenvalue weighted by atomic mass is 19.4. The van der Waals surface area contributed by atoms with E-state index in [-0.39, 0.29) is 18.3 Å². The zero-order valence-electron chi connectivity index (χ0n) is 11.1. The van der Waals surface area contributed by atoms with E-state index in [0.29, 0.717) is 19.2 Å². The van der Waals surface area contributed by atoms with Gasteiger partial charge >= 0.3 is 11.9 Å². The van der Waals surface area contributed by atoms with Crippen LogP contribution in [0.5, 0.6) is 0 Å². The Morgan fingerprint density at radius 2 is 2.19 bits per heavy atom. The van der Waals surface area contributed by atoms with Crippen molar-refractivity contribution in [1.82, 2.24) is 4.98 Å². The molecular weight excluding hydrogens is 289 g/mol. The molecule has 9 heteroatoms. The standard InChI is InChI=1S/C12H15F3N4O2/c13-12(14,15)11-5-9(10(7-17-11)19(20)21)18-4-2-1-3-8(18)6-16/h5,7-8H,1-4,6,16H2. The Labute approximate surface area is 118 Å². The quantitative estimate of drug-likeness (QED) is 0.684. The first-order valence-corrected chi connectivity index (χ1v) is 6.53. The molecule has 2 N–H and O–H groups in total. The minimum Gasteiger partial charge on any atom is -0.362 e. The summed E-state index contributed by atoms with van der Waals surface area (Å²) >= 11 is 0. The molecule has 1 aliphatic heterocycles. The molecule has 1 aliphatic rings. The van der Waals surface area contributed by atoms with Gasteiger partial charge in [-0.15, -0.1) is 0 Å². The van der Waals surface area contributed by atoms with Gasteiger partial charge in [0.2, 0.25) is 0 Å². The lowest BCUT2D eigenvalue weighted by atomic mass is 10.0. The minimum atomic E-state index is -4.64. The summed E-state index contributed by atoms with van der Waals surface area (Å²) in [6.07, 6.45) is -1.60. The molecule has 0 aromatic carbocycles. The molecule has 1 aromatic rings. The van der Waals surface area contributed by atoms with Crippen LogP contribution in [0.4, 0.5) is 24.5 Å². The number of hydrogen-bond donors (Lipinski definition) is 1. The summed E-state index contributed by atoms with van der Waals surface area (Å²) in [5.74, 6) is 0. The van der Waals surface area contributed by atoms with E-state index in [1.165, 1.54) is 0 Å². The predicted molar refractivity (Wildman–Crippen MR) is 69.9 cm³/mol. The maximum atomic E-state index is 12.8. The Kier molecular flexibility index (Phi) is 4.31. The molecule has 1 fully saturated rings. The zero-order valence-corrected chi connectivity index (χ0v) is 11.1. The maximum absolute atomic E-state index is 12.8. The van der Waals surface area contributed by atoms with Crippen LogP contribution in [0.1, 0.15) is 25.0 Å². The van der Waals surface area contributed by atoms with Crippen LogP contribution in [0, 0.1) is 10.1 Å². The molecule has 0 spiro atoms. The molecule has 116 valence electrons. The van der Waals surface area contributed by atoms with Crippen molar-refractivity contribution in [3.8, 4) is 0 Å². The van der Waals surface area contributed by atoms with Gasteiger partial charge < -0.3 is 10.6 Å². The van der Waals surface area contributed by atoms with Crippen molar-refractivity contribution >= 4 is 11.4 Å². The highest BCUT2D eigenvalue weighted by Crippen LogP contribution is 2.37. The topological polar surface area (TPSA) is 85.3 Å². The van der Waals surface area contributed by atoms with Gasteiger partial charge in [0.25, 0.3) is 0 Å². The number of pyridine rings is 1. The third kappa shape index (κ3) is 3.23. The fourth-order valence-corrected chi connectivity index (χ4v) is 2.53. The van der Waals surface area contributed by atoms with Crippen LogP contribution >= 0.6 is 0 Å². The van der Waals surface area contributed by atoms with Crippen molar-refractivity contribution < 1.29 is 18.1 Å². The molecule has 21 heavy (non-hydrogen) atoms. The van der Waals surface area contributed by atoms with Crippen LogP contribution in [0.3, 0.4) is 0 Å². The highest BCUT2D eigenvalue weighted by molar-refractivity contribution is 5.64. The summed E-state index contributed by atoms with van der Waals surface area (Å²) < 4.78 is 38.3. The number of piperidine rings is 1. The summed E-state index contributed by atoms with van der Waals surface area (Å²) in [6.45, 7) is 0.685. The monoisotopic (exact) mass is 304 g/mol. The largest absolute Gasteiger partial charge is 0.433 e. The van der Waals surface area contributed by atoms with E-state index >= 15 is 0 Å². The Morgan fingerprint density at radius 3 is 2.76 bits per heavy atom. The molecule has 6 nitrogen and oxygen atoms in total. The highest BCUT2D eigenvalue weighted by Gasteiger charge is 2.36. The van der Waals surface area contributed by atoms with Gasteiger partial charge in [-0.3, -0.25) is 10.1 Å². The lowest BCUT2D eigenvalue weighted by Gasteiger charge is -2.36. The number of anilines is 1. The van der Waals surface area contributed by atoms with Crippen LogP contribution in [0.15, 0.2) is 12.3 Å². The summed E-state index contributed by atoms with van der Waals surface area (Å²) in [4.78, 5) is 15.1. The van der Waals surface area contributed by atoms with E-state index in [0.717, 1.165) is 18.9 Å². The number of aromatic nitrogens is 1. The molecule has 0 bridgehead atoms. The lowest BCUT2D eigenvalue weighted by molar-refractivity contribution is -0.384. The third-order valence-corrected chi connectivity index (χ3v) is 3.56. The van der Waals surface area contributed by atoms with Gasteiger partial charge in [0.15, 0.2) is 0 Å². The van der Waals surface area contributed by atoms with E-state index in [9.17, 15) is 23.3 Å². The number of rotatable bonds is 3. The normalized spacial score (nSPS) is 19.6. The second kappa shape index (κ2) is 5.84. The van der Waals surface area contributed by atoms with Gasteiger partial charge in [-0.25, -0.2) is 4.98 Å². The summed E-state index contributed by atoms with van der Waals surface area (Å²) in [7, 11) is 0. The summed E-state index contributed by atoms with van der Waals surface area (Å²) in [5, 5.41) is 11.0. The molecular formula is C12H15F3N4O2. The summed E-state index contributed by atoms with van der Waals surface area (Å²) in [5.41, 5.74) is 4.01. The first-order valence-electron chi connectivity index (χ1n) is 6.53. The predicted octanol–water partition coefficient (Wildman–Crippen LogP) is 2.33. The number of nitrogens with zero attached hydrogens (tertiary/aromatic N) is 3. The van der Waals surface area contributed by atoms with Gasteiger partial charge in [-0.1, -0.05) is 0 Å². The average molecular weight is 304 g/mol. The number of nitrogens with two attached hydrogens (primary N) is 1. The maximum Gasteiger partial charge on any atom is 0.433 e. The lowest BCUT2D eigenvalue weighted by Crippen LogP contribution is -2.44. The van der Waals surface area contributed by atoms with Crippen LogP contribution < -0.4 is 10.6 Å². The van der Waals surface area contributed by atoms with Crippen molar-refractivity contribution in [1.29, 1.82) is 0 Å². The van der Waals surface area contributed by atoms with Gasteiger partial charge in [0, 0.05) is 19.1 Å². The van der Waals surface area contributed by atoms with Gasteiger partial charge in [-0.2, -0.15) is 13.2 Å². The van der Waals surface area contributed by atoms with Crippen molar-refractivity contribution in [3.05, 3.63) is 28.1 Å². The van der Waals surface area contributed by atoms with Crippen molar-refractivity contribution in [3.63, 3.8) is 0 Å². The number of halogens is 3. The van der Waals surface area contributed by atoms with Gasteiger partial charge in [0.05, 0.1) is 4.92 Å². The van der Waals surface area contributed by atoms with Crippen molar-refractivity contribution in [2.45, 2.75) is 31.5 Å². The van der Waals surface area contributed by atoms with E-state index in [2.05, 4.69) is 4.98 Å². The van der Waals surface area contributed by atoms with E-state index in [1.807, 2.05) is 0 Å². The Bertz CT molecular complexity index is 536. The Hall–Kier alpha value is -1.90. The fraction of sp³-hybridized carbons (Fsp3) is 0.583. The number of alkyl halides is 3. The van der Waals surface area contributed by atoms with Gasteiger partial charge in [0.1, 0.15) is 17.6 Å². The minimum absolute atomic E-state index is 0.0579. The first-order chi connectivity index (χ1) is 9.84. The van der Waals surface area contributed by atoms with E-state index in [4.69, 9.17) is 5.73 Å². The van der Waals surface area contributed by atoms with Crippen molar-refractivity contribution in [2.24, 2.45) is 5.73 Å². The smallest absolute Gasteiger partial charge is 0.362 e. The van der Waals surface area contributed by atoms with Crippen LogP contribution in [-0.4, -0.2) is 29.0 Å². The van der Waals surface area contributed by atoms with E-state index in [1.54, 1.807) is 4.90 Å². The van der Waals surface area contributed by atoms with Gasteiger partial charge in [-0.05, 0) is 25.3 Å². The Balaban J connectivity index is 2.49. The molecule has 2 heterocycles. The molecule has 1 saturated heterocycles. The fourth-order valence-electron chi connectivity index (χ4n) is 2.53. The Morgan fingerprint density at radius 1 is 1.48 bits per heavy atom. The number of hydrogen-bond acceptors (Lipinski definition) is 5. The van der Waals surface area contributed by atoms with Crippen LogP contribution in [0.25, 0.3) is 0 Å². The van der Waals surface area contributed by atoms with Crippen LogP contribution in [-0.2, 0) is 6.18 Å². The molecule has 0 radical (unpaired) electrons. The van der Waals surface area contributed by atoms with E-state index < -0.39 is 22.5 Å². The second-order valence-corrected chi connectivity index (χ2v) is 4.89. The molecule has 2 rings (SSSR count). The third-order valence-electron chi connectivity index (χ3n) is 3.56. The SMILES string of the molecule is NCC1CCCCN1c1cc(C(F)(F)F)ncc1[N+](=O)[O-]. The molecule has 1 atom stereocenters. The molecule has 1 aromatic heterocycles. The first kappa shape index (κ1) is 15.5. The molecule has 0 saturated carbocycles. The molecule has 0 amide bonds. The second-order valence-electron chi connectivity index (χ2n) is 4.89. The average Bonchev–Trinajstić information content (AvgIpc) is 2.45. The zero-order chi connectivity index (χ0) is 15.6.